The summed E-state index contributed by atoms with van der Waals surface area (Å²) in [5.41, 5.74) is 2.47. The number of hydrogen-bond donors (Lipinski definition) is 0. The minimum atomic E-state index is -0.383. The largest absolute Gasteiger partial charge is 0.502 e. The number of fused-ring (bicyclic) bond motifs is 1. The van der Waals surface area contributed by atoms with Gasteiger partial charge in [0.25, 0.3) is 0 Å². The molecule has 3 aromatic rings. The molecule has 3 aromatic carbocycles. The van der Waals surface area contributed by atoms with Crippen molar-refractivity contribution in [2.45, 2.75) is 49.0 Å². The molecule has 0 amide bonds. The fourth-order valence-electron chi connectivity index (χ4n) is 4.14. The highest BCUT2D eigenvalue weighted by atomic mass is 35.5. The van der Waals surface area contributed by atoms with E-state index in [4.69, 9.17) is 30.5 Å². The third-order valence-electron chi connectivity index (χ3n) is 6.24. The molecule has 0 aromatic heterocycles. The molecule has 7 heteroatoms. The molecular weight excluding hydrogens is 499 g/mol. The molecule has 2 unspecified atom stereocenters. The molecule has 0 radical (unpaired) electrons. The number of halogens is 2. The molecule has 1 aliphatic rings. The lowest BCUT2D eigenvalue weighted by Crippen LogP contribution is -2.25. The van der Waals surface area contributed by atoms with E-state index in [-0.39, 0.29) is 23.8 Å². The molecule has 2 atom stereocenters. The van der Waals surface area contributed by atoms with Crippen LogP contribution in [0.3, 0.4) is 0 Å². The Morgan fingerprint density at radius 3 is 2.75 bits per heavy atom. The molecule has 190 valence electrons. The van der Waals surface area contributed by atoms with Crippen LogP contribution in [-0.4, -0.2) is 20.3 Å². The van der Waals surface area contributed by atoms with Gasteiger partial charge in [-0.2, -0.15) is 0 Å². The zero-order valence-electron chi connectivity index (χ0n) is 20.7. The summed E-state index contributed by atoms with van der Waals surface area (Å²) in [4.78, 5) is 1.11. The maximum absolute atomic E-state index is 14.2. The molecule has 4 nitrogen and oxygen atoms in total. The molecular formula is C29H30ClFO4S. The topological polar surface area (TPSA) is 36.9 Å². The Balaban J connectivity index is 1.58. The predicted molar refractivity (Wildman–Crippen MR) is 143 cm³/mol. The van der Waals surface area contributed by atoms with Crippen LogP contribution in [0.5, 0.6) is 17.2 Å². The third kappa shape index (κ3) is 6.29. The Kier molecular flexibility index (Phi) is 8.70. The predicted octanol–water partition coefficient (Wildman–Crippen LogP) is 8.30. The highest BCUT2D eigenvalue weighted by Gasteiger charge is 2.30. The average Bonchev–Trinajstić information content (AvgIpc) is 2.88. The standard InChI is InChI=1S/C29H30ClFO4S/c1-18-8-12-22(16-28(18)33-4)36-29-15-21(10-9-19(2)32-3)35-27-13-11-20(14-23(27)29)34-17-24-25(30)6-5-7-26(24)31/h5-8,11-14,16,21,29H,2,9-10,15,17H2,1,3-4H3. The van der Waals surface area contributed by atoms with E-state index in [1.54, 1.807) is 38.1 Å². The van der Waals surface area contributed by atoms with Crippen LogP contribution in [0.4, 0.5) is 4.39 Å². The van der Waals surface area contributed by atoms with Crippen LogP contribution in [0.25, 0.3) is 0 Å². The lowest BCUT2D eigenvalue weighted by atomic mass is 9.98. The van der Waals surface area contributed by atoms with Crippen LogP contribution >= 0.6 is 23.4 Å². The summed E-state index contributed by atoms with van der Waals surface area (Å²) in [5, 5.41) is 0.473. The summed E-state index contributed by atoms with van der Waals surface area (Å²) in [6.07, 6.45) is 2.38. The number of benzene rings is 3. The minimum Gasteiger partial charge on any atom is -0.502 e. The molecule has 0 aliphatic carbocycles. The van der Waals surface area contributed by atoms with Crippen molar-refractivity contribution in [2.75, 3.05) is 14.2 Å². The van der Waals surface area contributed by atoms with Gasteiger partial charge in [-0.25, -0.2) is 4.39 Å². The van der Waals surface area contributed by atoms with Gasteiger partial charge in [0.2, 0.25) is 0 Å². The fraction of sp³-hybridized carbons (Fsp3) is 0.310. The number of methoxy groups -OCH3 is 2. The quantitative estimate of drug-likeness (QED) is 0.247. The second-order valence-corrected chi connectivity index (χ2v) is 10.4. The number of allylic oxidation sites excluding steroid dienone is 1. The van der Waals surface area contributed by atoms with Crippen LogP contribution in [0.1, 0.15) is 41.2 Å². The van der Waals surface area contributed by atoms with Crippen molar-refractivity contribution in [2.24, 2.45) is 0 Å². The number of aryl methyl sites for hydroxylation is 1. The van der Waals surface area contributed by atoms with E-state index in [2.05, 4.69) is 24.8 Å². The van der Waals surface area contributed by atoms with Gasteiger partial charge in [-0.15, -0.1) is 11.8 Å². The Morgan fingerprint density at radius 1 is 1.17 bits per heavy atom. The van der Waals surface area contributed by atoms with Crippen LogP contribution in [-0.2, 0) is 11.3 Å². The van der Waals surface area contributed by atoms with Crippen LogP contribution < -0.4 is 14.2 Å². The van der Waals surface area contributed by atoms with E-state index >= 15 is 0 Å². The SMILES string of the molecule is C=C(CCC1CC(Sc2ccc(C)c(OC)c2)c2cc(OCc3c(F)cccc3Cl)ccc2O1)OC. The molecule has 0 saturated carbocycles. The van der Waals surface area contributed by atoms with Gasteiger partial charge < -0.3 is 18.9 Å². The fourth-order valence-corrected chi connectivity index (χ4v) is 5.63. The highest BCUT2D eigenvalue weighted by molar-refractivity contribution is 7.99. The maximum atomic E-state index is 14.2. The van der Waals surface area contributed by atoms with Gasteiger partial charge in [0, 0.05) is 34.1 Å². The summed E-state index contributed by atoms with van der Waals surface area (Å²) in [5.74, 6) is 2.68. The Bertz CT molecular complexity index is 1210. The molecule has 0 spiro atoms. The molecule has 0 saturated heterocycles. The van der Waals surface area contributed by atoms with Crippen molar-refractivity contribution in [3.05, 3.63) is 94.5 Å². The van der Waals surface area contributed by atoms with Gasteiger partial charge in [0.15, 0.2) is 0 Å². The van der Waals surface area contributed by atoms with Crippen LogP contribution in [0.15, 0.2) is 71.8 Å². The van der Waals surface area contributed by atoms with E-state index in [0.717, 1.165) is 52.5 Å². The van der Waals surface area contributed by atoms with Crippen molar-refractivity contribution >= 4 is 23.4 Å². The lowest BCUT2D eigenvalue weighted by Gasteiger charge is -2.32. The molecule has 36 heavy (non-hydrogen) atoms. The summed E-state index contributed by atoms with van der Waals surface area (Å²) in [6, 6.07) is 16.6. The van der Waals surface area contributed by atoms with E-state index in [1.807, 2.05) is 25.1 Å². The third-order valence-corrected chi connectivity index (χ3v) is 7.85. The number of rotatable bonds is 10. The van der Waals surface area contributed by atoms with Crippen molar-refractivity contribution in [3.8, 4) is 17.2 Å². The second kappa shape index (κ2) is 11.9. The first-order valence-electron chi connectivity index (χ1n) is 11.8. The average molecular weight is 529 g/mol. The smallest absolute Gasteiger partial charge is 0.131 e. The van der Waals surface area contributed by atoms with Gasteiger partial charge in [-0.05, 0) is 61.4 Å². The maximum Gasteiger partial charge on any atom is 0.131 e. The normalized spacial score (nSPS) is 16.6. The first-order chi connectivity index (χ1) is 17.4. The van der Waals surface area contributed by atoms with E-state index in [9.17, 15) is 4.39 Å². The molecule has 0 fully saturated rings. The Morgan fingerprint density at radius 2 is 2.00 bits per heavy atom. The molecule has 0 bridgehead atoms. The molecule has 0 N–H and O–H groups in total. The van der Waals surface area contributed by atoms with Crippen molar-refractivity contribution < 1.29 is 23.3 Å². The van der Waals surface area contributed by atoms with Gasteiger partial charge in [-0.1, -0.05) is 30.3 Å². The van der Waals surface area contributed by atoms with Gasteiger partial charge >= 0.3 is 0 Å². The van der Waals surface area contributed by atoms with Gasteiger partial charge in [0.05, 0.1) is 25.0 Å². The van der Waals surface area contributed by atoms with Crippen LogP contribution in [0.2, 0.25) is 5.02 Å². The zero-order valence-corrected chi connectivity index (χ0v) is 22.3. The minimum absolute atomic E-state index is 0.0261. The molecule has 1 heterocycles. The monoisotopic (exact) mass is 528 g/mol. The summed E-state index contributed by atoms with van der Waals surface area (Å²) >= 11 is 7.94. The van der Waals surface area contributed by atoms with Gasteiger partial charge in [0.1, 0.15) is 35.8 Å². The van der Waals surface area contributed by atoms with E-state index < -0.39 is 0 Å². The van der Waals surface area contributed by atoms with E-state index in [1.165, 1.54) is 6.07 Å². The lowest BCUT2D eigenvalue weighted by molar-refractivity contribution is 0.154. The number of ether oxygens (including phenoxy) is 4. The van der Waals surface area contributed by atoms with Crippen molar-refractivity contribution in [1.82, 2.24) is 0 Å². The van der Waals surface area contributed by atoms with Gasteiger partial charge in [-0.3, -0.25) is 0 Å². The summed E-state index contributed by atoms with van der Waals surface area (Å²) in [7, 11) is 3.32. The first-order valence-corrected chi connectivity index (χ1v) is 13.0. The van der Waals surface area contributed by atoms with Crippen molar-refractivity contribution in [3.63, 3.8) is 0 Å². The number of hydrogen-bond acceptors (Lipinski definition) is 5. The summed E-state index contributed by atoms with van der Waals surface area (Å²) < 4.78 is 37.3. The van der Waals surface area contributed by atoms with Crippen LogP contribution in [0, 0.1) is 12.7 Å². The molecule has 1 aliphatic heterocycles. The Labute approximate surface area is 221 Å². The second-order valence-electron chi connectivity index (χ2n) is 8.68. The van der Waals surface area contributed by atoms with E-state index in [0.29, 0.717) is 16.3 Å². The van der Waals surface area contributed by atoms with Crippen molar-refractivity contribution in [1.29, 1.82) is 0 Å². The number of thioether (sulfide) groups is 1. The summed E-state index contributed by atoms with van der Waals surface area (Å²) in [6.45, 7) is 6.01. The highest BCUT2D eigenvalue weighted by Crippen LogP contribution is 2.48. The molecule has 4 rings (SSSR count). The Hall–Kier alpha value is -2.83. The zero-order chi connectivity index (χ0) is 25.7. The first kappa shape index (κ1) is 26.2.